The summed E-state index contributed by atoms with van der Waals surface area (Å²) in [4.78, 5) is 13.9. The lowest BCUT2D eigenvalue weighted by molar-refractivity contribution is -0.121. The van der Waals surface area contributed by atoms with Crippen LogP contribution in [0.2, 0.25) is 5.02 Å². The number of halogens is 1. The van der Waals surface area contributed by atoms with Crippen LogP contribution in [0.25, 0.3) is 11.3 Å². The summed E-state index contributed by atoms with van der Waals surface area (Å²) < 4.78 is 0. The maximum absolute atomic E-state index is 11.7. The van der Waals surface area contributed by atoms with Gasteiger partial charge in [0.05, 0.1) is 4.90 Å². The van der Waals surface area contributed by atoms with Crippen LogP contribution in [0.3, 0.4) is 0 Å². The van der Waals surface area contributed by atoms with E-state index in [4.69, 9.17) is 11.6 Å². The lowest BCUT2D eigenvalue weighted by Crippen LogP contribution is -2.20. The van der Waals surface area contributed by atoms with Crippen LogP contribution in [0.5, 0.6) is 0 Å². The SMILES string of the molecule is CNC(=O)C1CC1c1ccc(-c2n[nH]cc2Sc2ccc(Cl)cc2)cc1. The predicted octanol–water partition coefficient (Wildman–Crippen LogP) is 4.73. The average Bonchev–Trinajstić information content (AvgIpc) is 3.35. The van der Waals surface area contributed by atoms with Gasteiger partial charge in [-0.3, -0.25) is 9.89 Å². The molecular formula is C20H18ClN3OS. The van der Waals surface area contributed by atoms with Crippen molar-refractivity contribution in [2.24, 2.45) is 5.92 Å². The molecule has 1 saturated carbocycles. The monoisotopic (exact) mass is 383 g/mol. The zero-order valence-corrected chi connectivity index (χ0v) is 15.8. The molecule has 132 valence electrons. The summed E-state index contributed by atoms with van der Waals surface area (Å²) in [5.41, 5.74) is 3.20. The van der Waals surface area contributed by atoms with Crippen LogP contribution in [0.1, 0.15) is 17.9 Å². The lowest BCUT2D eigenvalue weighted by Gasteiger charge is -2.05. The first-order valence-corrected chi connectivity index (χ1v) is 9.64. The van der Waals surface area contributed by atoms with Gasteiger partial charge >= 0.3 is 0 Å². The summed E-state index contributed by atoms with van der Waals surface area (Å²) in [6.45, 7) is 0. The number of hydrogen-bond donors (Lipinski definition) is 2. The fraction of sp³-hybridized carbons (Fsp3) is 0.200. The molecule has 0 aliphatic heterocycles. The van der Waals surface area contributed by atoms with Crippen molar-refractivity contribution >= 4 is 29.3 Å². The van der Waals surface area contributed by atoms with E-state index < -0.39 is 0 Å². The molecule has 2 atom stereocenters. The van der Waals surface area contributed by atoms with Gasteiger partial charge in [-0.1, -0.05) is 47.6 Å². The van der Waals surface area contributed by atoms with Crippen LogP contribution in [0.15, 0.2) is 64.5 Å². The molecule has 0 radical (unpaired) electrons. The van der Waals surface area contributed by atoms with E-state index in [1.165, 1.54) is 5.56 Å². The Labute approximate surface area is 161 Å². The minimum atomic E-state index is 0.118. The molecule has 0 bridgehead atoms. The number of carbonyl (C=O) groups excluding carboxylic acids is 1. The van der Waals surface area contributed by atoms with Crippen molar-refractivity contribution < 1.29 is 4.79 Å². The van der Waals surface area contributed by atoms with Gasteiger partial charge in [0, 0.05) is 34.6 Å². The molecule has 1 aliphatic carbocycles. The van der Waals surface area contributed by atoms with Crippen LogP contribution >= 0.6 is 23.4 Å². The molecule has 2 N–H and O–H groups in total. The molecule has 1 aromatic heterocycles. The van der Waals surface area contributed by atoms with Gasteiger partial charge in [-0.2, -0.15) is 5.10 Å². The van der Waals surface area contributed by atoms with E-state index in [2.05, 4.69) is 39.8 Å². The summed E-state index contributed by atoms with van der Waals surface area (Å²) in [5, 5.41) is 10.8. The Balaban J connectivity index is 1.51. The fourth-order valence-corrected chi connectivity index (χ4v) is 4.14. The smallest absolute Gasteiger partial charge is 0.223 e. The van der Waals surface area contributed by atoms with Gasteiger partial charge < -0.3 is 5.32 Å². The summed E-state index contributed by atoms with van der Waals surface area (Å²) in [5.74, 6) is 0.589. The van der Waals surface area contributed by atoms with Crippen LogP contribution in [0, 0.1) is 5.92 Å². The van der Waals surface area contributed by atoms with E-state index in [9.17, 15) is 4.79 Å². The van der Waals surface area contributed by atoms with Crippen molar-refractivity contribution in [3.63, 3.8) is 0 Å². The highest BCUT2D eigenvalue weighted by Crippen LogP contribution is 2.47. The van der Waals surface area contributed by atoms with Crippen LogP contribution < -0.4 is 5.32 Å². The molecule has 2 aromatic carbocycles. The summed E-state index contributed by atoms with van der Waals surface area (Å²) in [6.07, 6.45) is 2.84. The molecule has 1 heterocycles. The molecule has 1 fully saturated rings. The second-order valence-electron chi connectivity index (χ2n) is 6.34. The van der Waals surface area contributed by atoms with Crippen molar-refractivity contribution in [3.8, 4) is 11.3 Å². The highest BCUT2D eigenvalue weighted by atomic mass is 35.5. The molecule has 4 rings (SSSR count). The van der Waals surface area contributed by atoms with E-state index in [-0.39, 0.29) is 11.8 Å². The third-order valence-electron chi connectivity index (χ3n) is 4.63. The third-order valence-corrected chi connectivity index (χ3v) is 5.92. The topological polar surface area (TPSA) is 57.8 Å². The number of H-pyrrole nitrogens is 1. The first-order chi connectivity index (χ1) is 12.7. The number of hydrogen-bond acceptors (Lipinski definition) is 3. The maximum atomic E-state index is 11.7. The van der Waals surface area contributed by atoms with Gasteiger partial charge in [0.25, 0.3) is 0 Å². The van der Waals surface area contributed by atoms with Crippen LogP contribution in [-0.4, -0.2) is 23.2 Å². The number of aromatic nitrogens is 2. The number of amides is 1. The Bertz CT molecular complexity index is 921. The number of benzene rings is 2. The van der Waals surface area contributed by atoms with Gasteiger partial charge in [-0.05, 0) is 42.2 Å². The quantitative estimate of drug-likeness (QED) is 0.669. The van der Waals surface area contributed by atoms with Gasteiger partial charge in [-0.25, -0.2) is 0 Å². The Morgan fingerprint density at radius 1 is 1.19 bits per heavy atom. The summed E-state index contributed by atoms with van der Waals surface area (Å²) in [6, 6.07) is 16.1. The number of carbonyl (C=O) groups is 1. The number of rotatable bonds is 5. The molecule has 0 spiro atoms. The molecule has 2 unspecified atom stereocenters. The molecule has 0 saturated heterocycles. The Hall–Kier alpha value is -2.24. The van der Waals surface area contributed by atoms with E-state index >= 15 is 0 Å². The van der Waals surface area contributed by atoms with Gasteiger partial charge in [0.2, 0.25) is 5.91 Å². The molecule has 1 aliphatic rings. The molecule has 26 heavy (non-hydrogen) atoms. The van der Waals surface area contributed by atoms with Gasteiger partial charge in [0.15, 0.2) is 0 Å². The first kappa shape index (κ1) is 17.2. The minimum Gasteiger partial charge on any atom is -0.359 e. The average molecular weight is 384 g/mol. The van der Waals surface area contributed by atoms with Gasteiger partial charge in [-0.15, -0.1) is 0 Å². The highest BCUT2D eigenvalue weighted by Gasteiger charge is 2.43. The minimum absolute atomic E-state index is 0.118. The first-order valence-electron chi connectivity index (χ1n) is 8.45. The van der Waals surface area contributed by atoms with E-state index in [1.807, 2.05) is 30.5 Å². The summed E-state index contributed by atoms with van der Waals surface area (Å²) in [7, 11) is 1.69. The third kappa shape index (κ3) is 3.50. The Morgan fingerprint density at radius 3 is 2.62 bits per heavy atom. The zero-order valence-electron chi connectivity index (χ0n) is 14.2. The van der Waals surface area contributed by atoms with E-state index in [0.29, 0.717) is 5.92 Å². The van der Waals surface area contributed by atoms with Crippen molar-refractivity contribution in [3.05, 3.63) is 65.3 Å². The maximum Gasteiger partial charge on any atom is 0.223 e. The summed E-state index contributed by atoms with van der Waals surface area (Å²) >= 11 is 7.60. The van der Waals surface area contributed by atoms with Crippen molar-refractivity contribution in [2.45, 2.75) is 22.1 Å². The Kier molecular flexibility index (Phi) is 4.74. The van der Waals surface area contributed by atoms with Crippen molar-refractivity contribution in [2.75, 3.05) is 7.05 Å². The second-order valence-corrected chi connectivity index (χ2v) is 7.89. The predicted molar refractivity (Wildman–Crippen MR) is 105 cm³/mol. The number of aromatic amines is 1. The standard InChI is InChI=1S/C20H18ClN3OS/c1-22-20(25)17-10-16(17)12-2-4-13(5-3-12)19-18(11-23-24-19)26-15-8-6-14(21)7-9-15/h2-9,11,16-17H,10H2,1H3,(H,22,25)(H,23,24). The van der Waals surface area contributed by atoms with Crippen LogP contribution in [0.4, 0.5) is 0 Å². The highest BCUT2D eigenvalue weighted by molar-refractivity contribution is 7.99. The number of nitrogens with zero attached hydrogens (tertiary/aromatic N) is 1. The number of nitrogens with one attached hydrogen (secondary N) is 2. The van der Waals surface area contributed by atoms with Crippen molar-refractivity contribution in [1.82, 2.24) is 15.5 Å². The normalized spacial score (nSPS) is 18.5. The largest absolute Gasteiger partial charge is 0.359 e. The lowest BCUT2D eigenvalue weighted by atomic mass is 10.0. The molecular weight excluding hydrogens is 366 g/mol. The van der Waals surface area contributed by atoms with E-state index in [1.54, 1.807) is 18.8 Å². The Morgan fingerprint density at radius 2 is 1.92 bits per heavy atom. The zero-order chi connectivity index (χ0) is 18.1. The van der Waals surface area contributed by atoms with Gasteiger partial charge in [0.1, 0.15) is 5.69 Å². The fourth-order valence-electron chi connectivity index (χ4n) is 3.12. The molecule has 6 heteroatoms. The molecule has 3 aromatic rings. The molecule has 4 nitrogen and oxygen atoms in total. The van der Waals surface area contributed by atoms with Crippen molar-refractivity contribution in [1.29, 1.82) is 0 Å². The van der Waals surface area contributed by atoms with Crippen LogP contribution in [-0.2, 0) is 4.79 Å². The second kappa shape index (κ2) is 7.17. The van der Waals surface area contributed by atoms with E-state index in [0.717, 1.165) is 32.5 Å². The molecule has 1 amide bonds.